The number of anilines is 1. The minimum Gasteiger partial charge on any atom is -0.487 e. The molecule has 0 spiro atoms. The van der Waals surface area contributed by atoms with Crippen molar-refractivity contribution in [1.82, 2.24) is 20.0 Å². The fourth-order valence-corrected chi connectivity index (χ4v) is 5.52. The number of likely N-dealkylation sites (tertiary alicyclic amines) is 1. The zero-order valence-corrected chi connectivity index (χ0v) is 25.0. The first-order valence-electron chi connectivity index (χ1n) is 14.5. The highest BCUT2D eigenvalue weighted by Gasteiger charge is 2.33. The topological polar surface area (TPSA) is 81.7 Å². The van der Waals surface area contributed by atoms with Gasteiger partial charge in [-0.3, -0.25) is 9.69 Å². The van der Waals surface area contributed by atoms with Crippen molar-refractivity contribution in [3.05, 3.63) is 70.2 Å². The predicted molar refractivity (Wildman–Crippen MR) is 159 cm³/mol. The van der Waals surface area contributed by atoms with E-state index in [-0.39, 0.29) is 11.3 Å². The molecule has 0 aliphatic carbocycles. The van der Waals surface area contributed by atoms with Gasteiger partial charge in [-0.25, -0.2) is 4.99 Å². The minimum atomic E-state index is -4.54. The Morgan fingerprint density at radius 2 is 2.05 bits per heavy atom. The summed E-state index contributed by atoms with van der Waals surface area (Å²) in [6.45, 7) is 6.01. The normalized spacial score (nSPS) is 20.6. The van der Waals surface area contributed by atoms with Gasteiger partial charge in [0.25, 0.3) is 5.91 Å². The van der Waals surface area contributed by atoms with E-state index >= 15 is 0 Å². The molecule has 3 aliphatic heterocycles. The van der Waals surface area contributed by atoms with Crippen LogP contribution in [-0.4, -0.2) is 87.1 Å². The molecule has 2 N–H and O–H groups in total. The molecule has 2 atom stereocenters. The lowest BCUT2D eigenvalue weighted by atomic mass is 10.0. The molecule has 1 saturated heterocycles. The lowest BCUT2D eigenvalue weighted by Gasteiger charge is -2.34. The van der Waals surface area contributed by atoms with Crippen LogP contribution in [0.3, 0.4) is 0 Å². The van der Waals surface area contributed by atoms with Gasteiger partial charge in [-0.1, -0.05) is 6.07 Å². The van der Waals surface area contributed by atoms with Crippen molar-refractivity contribution < 1.29 is 27.4 Å². The summed E-state index contributed by atoms with van der Waals surface area (Å²) in [5, 5.41) is 5.87. The van der Waals surface area contributed by atoms with E-state index in [0.29, 0.717) is 48.5 Å². The second-order valence-electron chi connectivity index (χ2n) is 11.7. The number of rotatable bonds is 9. The van der Waals surface area contributed by atoms with Crippen LogP contribution in [0.5, 0.6) is 5.75 Å². The van der Waals surface area contributed by atoms with E-state index in [1.165, 1.54) is 6.07 Å². The van der Waals surface area contributed by atoms with Crippen molar-refractivity contribution in [2.24, 2.45) is 10.9 Å². The van der Waals surface area contributed by atoms with Crippen molar-refractivity contribution in [2.75, 3.05) is 59.2 Å². The Bertz CT molecular complexity index is 1390. The number of aliphatic imine (C=N–C) groups is 1. The smallest absolute Gasteiger partial charge is 0.416 e. The van der Waals surface area contributed by atoms with Crippen molar-refractivity contribution in [1.29, 1.82) is 0 Å². The van der Waals surface area contributed by atoms with Gasteiger partial charge in [0, 0.05) is 31.4 Å². The van der Waals surface area contributed by atoms with Crippen molar-refractivity contribution in [2.45, 2.75) is 38.7 Å². The van der Waals surface area contributed by atoms with Gasteiger partial charge in [0.15, 0.2) is 5.82 Å². The molecule has 2 aromatic rings. The molecule has 3 aliphatic rings. The van der Waals surface area contributed by atoms with E-state index < -0.39 is 23.9 Å². The summed E-state index contributed by atoms with van der Waals surface area (Å²) in [5.74, 6) is 1.58. The Balaban J connectivity index is 1.31. The zero-order chi connectivity index (χ0) is 30.7. The minimum absolute atomic E-state index is 0.0981. The number of amides is 1. The molecular weight excluding hydrogens is 561 g/mol. The van der Waals surface area contributed by atoms with Crippen LogP contribution in [0.25, 0.3) is 0 Å². The molecule has 1 fully saturated rings. The number of likely N-dealkylation sites (N-methyl/N-ethyl adjacent to an activating group) is 1. The third-order valence-corrected chi connectivity index (χ3v) is 7.88. The standard InChI is InChI=1S/C31H39F3N6O3/c1-20-5-6-23(15-26(20)43-30-27-28(35-9-12-42-27)36-19-39(30)4)29(41)37-25-14-22(13-24(16-25)31(32,33)34)18-40-11-8-21(17-40)7-10-38(2)3/h5-6,13-16,19,21,30,35H,7-12,17-18H2,1-4H3,(H,37,41). The monoisotopic (exact) mass is 600 g/mol. The SMILES string of the molecule is Cc1ccc(C(=O)Nc2cc(CN3CCC(CCN(C)C)C3)cc(C(F)(F)F)c2)cc1OC1C2=C(N=CN1C)NCCO2. The summed E-state index contributed by atoms with van der Waals surface area (Å²) in [6, 6.07) is 8.75. The Morgan fingerprint density at radius 1 is 1.23 bits per heavy atom. The number of halogens is 3. The van der Waals surface area contributed by atoms with Gasteiger partial charge in [0.05, 0.1) is 18.4 Å². The average Bonchev–Trinajstić information content (AvgIpc) is 3.41. The molecule has 0 aromatic heterocycles. The summed E-state index contributed by atoms with van der Waals surface area (Å²) in [6.07, 6.45) is -1.43. The highest BCUT2D eigenvalue weighted by molar-refractivity contribution is 6.04. The predicted octanol–water partition coefficient (Wildman–Crippen LogP) is 4.51. The number of benzene rings is 2. The van der Waals surface area contributed by atoms with Crippen molar-refractivity contribution in [3.8, 4) is 5.75 Å². The number of carbonyl (C=O) groups is 1. The highest BCUT2D eigenvalue weighted by atomic mass is 19.4. The second kappa shape index (κ2) is 12.8. The van der Waals surface area contributed by atoms with Gasteiger partial charge in [0.1, 0.15) is 12.4 Å². The number of aryl methyl sites for hydroxylation is 1. The number of carbonyl (C=O) groups excluding carboxylic acids is 1. The lowest BCUT2D eigenvalue weighted by molar-refractivity contribution is -0.137. The summed E-state index contributed by atoms with van der Waals surface area (Å²) in [7, 11) is 5.88. The molecule has 43 heavy (non-hydrogen) atoms. The van der Waals surface area contributed by atoms with Gasteiger partial charge < -0.3 is 29.9 Å². The van der Waals surface area contributed by atoms with Gasteiger partial charge in [-0.15, -0.1) is 0 Å². The average molecular weight is 601 g/mol. The fourth-order valence-electron chi connectivity index (χ4n) is 5.52. The van der Waals surface area contributed by atoms with Crippen LogP contribution >= 0.6 is 0 Å². The summed E-state index contributed by atoms with van der Waals surface area (Å²) < 4.78 is 53.7. The fraction of sp³-hybridized carbons (Fsp3) is 0.484. The molecule has 3 heterocycles. The third-order valence-electron chi connectivity index (χ3n) is 7.88. The Hall–Kier alpha value is -3.77. The first kappa shape index (κ1) is 30.7. The first-order chi connectivity index (χ1) is 20.5. The maximum Gasteiger partial charge on any atom is 0.416 e. The van der Waals surface area contributed by atoms with Crippen LogP contribution in [0.1, 0.15) is 39.9 Å². The quantitative estimate of drug-likeness (QED) is 0.439. The molecule has 0 radical (unpaired) electrons. The van der Waals surface area contributed by atoms with Crippen LogP contribution in [0, 0.1) is 12.8 Å². The van der Waals surface area contributed by atoms with E-state index in [1.807, 2.05) is 21.0 Å². The molecule has 2 unspecified atom stereocenters. The molecule has 232 valence electrons. The molecule has 0 saturated carbocycles. The number of alkyl halides is 3. The number of nitrogens with zero attached hydrogens (tertiary/aromatic N) is 4. The van der Waals surface area contributed by atoms with Crippen molar-refractivity contribution in [3.63, 3.8) is 0 Å². The first-order valence-corrected chi connectivity index (χ1v) is 14.5. The highest BCUT2D eigenvalue weighted by Crippen LogP contribution is 2.34. The summed E-state index contributed by atoms with van der Waals surface area (Å²) in [5.41, 5.74) is 0.865. The van der Waals surface area contributed by atoms with E-state index in [9.17, 15) is 18.0 Å². The number of hydrogen-bond donors (Lipinski definition) is 2. The number of hydrogen-bond acceptors (Lipinski definition) is 8. The largest absolute Gasteiger partial charge is 0.487 e. The summed E-state index contributed by atoms with van der Waals surface area (Å²) in [4.78, 5) is 23.7. The van der Waals surface area contributed by atoms with Crippen LogP contribution in [-0.2, 0) is 17.5 Å². The Kier molecular flexibility index (Phi) is 9.16. The van der Waals surface area contributed by atoms with Crippen LogP contribution < -0.4 is 15.4 Å². The van der Waals surface area contributed by atoms with Crippen LogP contribution in [0.15, 0.2) is 53.0 Å². The molecule has 5 rings (SSSR count). The lowest BCUT2D eigenvalue weighted by Crippen LogP contribution is -2.45. The van der Waals surface area contributed by atoms with Crippen LogP contribution in [0.4, 0.5) is 18.9 Å². The van der Waals surface area contributed by atoms with E-state index in [2.05, 4.69) is 25.4 Å². The third kappa shape index (κ3) is 7.61. The zero-order valence-electron chi connectivity index (χ0n) is 25.0. The summed E-state index contributed by atoms with van der Waals surface area (Å²) >= 11 is 0. The molecule has 0 bridgehead atoms. The van der Waals surface area contributed by atoms with Gasteiger partial charge in [-0.05, 0) is 94.3 Å². The molecule has 2 aromatic carbocycles. The molecule has 9 nitrogen and oxygen atoms in total. The Labute approximate surface area is 250 Å². The maximum atomic E-state index is 13.9. The van der Waals surface area contributed by atoms with Gasteiger partial charge >= 0.3 is 6.18 Å². The number of nitrogens with one attached hydrogen (secondary N) is 2. The van der Waals surface area contributed by atoms with E-state index in [4.69, 9.17) is 9.47 Å². The van der Waals surface area contributed by atoms with Gasteiger partial charge in [0.2, 0.25) is 12.0 Å². The van der Waals surface area contributed by atoms with E-state index in [1.54, 1.807) is 42.6 Å². The second-order valence-corrected chi connectivity index (χ2v) is 11.7. The van der Waals surface area contributed by atoms with Crippen LogP contribution in [0.2, 0.25) is 0 Å². The van der Waals surface area contributed by atoms with Gasteiger partial charge in [-0.2, -0.15) is 13.2 Å². The number of ether oxygens (including phenoxy) is 2. The van der Waals surface area contributed by atoms with Crippen molar-refractivity contribution >= 4 is 17.9 Å². The Morgan fingerprint density at radius 3 is 2.81 bits per heavy atom. The molecule has 12 heteroatoms. The van der Waals surface area contributed by atoms with E-state index in [0.717, 1.165) is 44.1 Å². The maximum absolute atomic E-state index is 13.9. The molecular formula is C31H39F3N6O3. The molecule has 1 amide bonds.